The molecule has 4 rings (SSSR count). The zero-order chi connectivity index (χ0) is 22.6. The van der Waals surface area contributed by atoms with Crippen molar-refractivity contribution in [1.82, 2.24) is 21.5 Å². The summed E-state index contributed by atoms with van der Waals surface area (Å²) >= 11 is 0.993. The molecule has 1 aliphatic heterocycles. The fraction of sp³-hybridized carbons (Fsp3) is 0.312. The van der Waals surface area contributed by atoms with Crippen molar-refractivity contribution in [3.8, 4) is 0 Å². The van der Waals surface area contributed by atoms with Crippen molar-refractivity contribution in [2.45, 2.75) is 36.3 Å². The van der Waals surface area contributed by atoms with Gasteiger partial charge in [-0.2, -0.15) is 13.2 Å². The molecule has 2 aromatic rings. The summed E-state index contributed by atoms with van der Waals surface area (Å²) in [6, 6.07) is 1.82. The minimum atomic E-state index is -5.00. The molecule has 166 valence electrons. The number of nitrogens with one attached hydrogen (secondary N) is 3. The molecule has 1 unspecified atom stereocenters. The molecule has 2 aliphatic rings. The lowest BCUT2D eigenvalue weighted by Gasteiger charge is -2.26. The lowest BCUT2D eigenvalue weighted by atomic mass is 9.82. The fourth-order valence-corrected chi connectivity index (χ4v) is 5.77. The maximum Gasteiger partial charge on any atom is 0.417 e. The molecule has 10 nitrogen and oxygen atoms in total. The van der Waals surface area contributed by atoms with Crippen LogP contribution in [0.15, 0.2) is 22.1 Å². The van der Waals surface area contributed by atoms with E-state index >= 15 is 0 Å². The lowest BCUT2D eigenvalue weighted by Crippen LogP contribution is -2.37. The number of carboxylic acids is 1. The van der Waals surface area contributed by atoms with Gasteiger partial charge in [-0.25, -0.2) is 28.9 Å². The summed E-state index contributed by atoms with van der Waals surface area (Å²) in [4.78, 5) is 15.1. The Morgan fingerprint density at radius 3 is 2.65 bits per heavy atom. The van der Waals surface area contributed by atoms with Crippen LogP contribution in [-0.2, 0) is 22.6 Å². The third kappa shape index (κ3) is 3.84. The van der Waals surface area contributed by atoms with E-state index in [2.05, 4.69) is 26.6 Å². The van der Waals surface area contributed by atoms with Crippen LogP contribution in [0.3, 0.4) is 0 Å². The molecule has 0 spiro atoms. The Kier molecular flexibility index (Phi) is 5.15. The van der Waals surface area contributed by atoms with Crippen LogP contribution in [0.1, 0.15) is 55.8 Å². The minimum Gasteiger partial charge on any atom is -0.476 e. The lowest BCUT2D eigenvalue weighted by molar-refractivity contribution is -0.139. The van der Waals surface area contributed by atoms with E-state index in [0.717, 1.165) is 17.4 Å². The SMILES string of the molecule is NS(=O)(=O)c1c(C(F)(F)F)ccc(C2CCCc3sc(C(=O)O)nc32)c1C1=NNNN1. The monoisotopic (exact) mass is 476 g/mol. The van der Waals surface area contributed by atoms with Gasteiger partial charge in [0, 0.05) is 16.4 Å². The van der Waals surface area contributed by atoms with Crippen LogP contribution < -0.4 is 21.6 Å². The molecule has 1 aliphatic carbocycles. The molecular weight excluding hydrogens is 461 g/mol. The molecule has 0 radical (unpaired) electrons. The molecule has 1 aromatic heterocycles. The molecule has 0 bridgehead atoms. The number of thiazole rings is 1. The predicted octanol–water partition coefficient (Wildman–Crippen LogP) is 1.25. The number of aromatic nitrogens is 1. The topological polar surface area (TPSA) is 159 Å². The number of nitrogens with zero attached hydrogens (tertiary/aromatic N) is 2. The largest absolute Gasteiger partial charge is 0.476 e. The van der Waals surface area contributed by atoms with Crippen LogP contribution in [0.25, 0.3) is 0 Å². The number of aromatic carboxylic acids is 1. The number of benzene rings is 1. The number of amidine groups is 1. The summed E-state index contributed by atoms with van der Waals surface area (Å²) in [5, 5.41) is 18.1. The highest BCUT2D eigenvalue weighted by molar-refractivity contribution is 7.89. The summed E-state index contributed by atoms with van der Waals surface area (Å²) in [6.07, 6.45) is -3.39. The van der Waals surface area contributed by atoms with Crippen LogP contribution in [-0.4, -0.2) is 30.3 Å². The summed E-state index contributed by atoms with van der Waals surface area (Å²) in [5.41, 5.74) is 5.95. The summed E-state index contributed by atoms with van der Waals surface area (Å²) in [6.45, 7) is 0. The first-order chi connectivity index (χ1) is 14.5. The Morgan fingerprint density at radius 2 is 2.06 bits per heavy atom. The number of hydrogen-bond donors (Lipinski definition) is 5. The van der Waals surface area contributed by atoms with Crippen molar-refractivity contribution in [2.24, 2.45) is 10.2 Å². The van der Waals surface area contributed by atoms with E-state index in [0.29, 0.717) is 35.9 Å². The molecule has 0 saturated carbocycles. The first-order valence-electron chi connectivity index (χ1n) is 8.82. The number of alkyl halides is 3. The smallest absolute Gasteiger partial charge is 0.417 e. The zero-order valence-corrected chi connectivity index (χ0v) is 17.1. The average molecular weight is 476 g/mol. The van der Waals surface area contributed by atoms with Gasteiger partial charge < -0.3 is 5.11 Å². The number of sulfonamides is 1. The Labute approximate surface area is 177 Å². The van der Waals surface area contributed by atoms with E-state index in [4.69, 9.17) is 5.14 Å². The molecule has 0 fully saturated rings. The number of halogens is 3. The van der Waals surface area contributed by atoms with Gasteiger partial charge in [-0.15, -0.1) is 22.0 Å². The predicted molar refractivity (Wildman–Crippen MR) is 103 cm³/mol. The molecule has 6 N–H and O–H groups in total. The molecule has 0 saturated heterocycles. The summed E-state index contributed by atoms with van der Waals surface area (Å²) < 4.78 is 65.6. The van der Waals surface area contributed by atoms with Gasteiger partial charge in [-0.3, -0.25) is 5.43 Å². The normalized spacial score (nSPS) is 18.7. The van der Waals surface area contributed by atoms with E-state index in [1.54, 1.807) is 0 Å². The van der Waals surface area contributed by atoms with Crippen LogP contribution in [0, 0.1) is 0 Å². The van der Waals surface area contributed by atoms with Crippen molar-refractivity contribution in [3.63, 3.8) is 0 Å². The fourth-order valence-electron chi connectivity index (χ4n) is 3.78. The van der Waals surface area contributed by atoms with Crippen LogP contribution in [0.2, 0.25) is 0 Å². The highest BCUT2D eigenvalue weighted by Gasteiger charge is 2.41. The molecule has 0 amide bonds. The summed E-state index contributed by atoms with van der Waals surface area (Å²) in [5.74, 6) is -2.06. The van der Waals surface area contributed by atoms with Gasteiger partial charge in [0.05, 0.1) is 11.3 Å². The number of carboxylic acid groups (broad SMARTS) is 1. The number of aryl methyl sites for hydroxylation is 1. The van der Waals surface area contributed by atoms with Gasteiger partial charge in [-0.1, -0.05) is 6.07 Å². The van der Waals surface area contributed by atoms with E-state index in [9.17, 15) is 31.5 Å². The van der Waals surface area contributed by atoms with Gasteiger partial charge >= 0.3 is 12.1 Å². The van der Waals surface area contributed by atoms with Crippen LogP contribution >= 0.6 is 11.3 Å². The number of carbonyl (C=O) groups is 1. The van der Waals surface area contributed by atoms with Gasteiger partial charge in [0.2, 0.25) is 15.0 Å². The Bertz CT molecular complexity index is 1210. The molecule has 1 aromatic carbocycles. The van der Waals surface area contributed by atoms with Crippen LogP contribution in [0.4, 0.5) is 13.2 Å². The summed E-state index contributed by atoms with van der Waals surface area (Å²) in [7, 11) is -4.84. The highest BCUT2D eigenvalue weighted by atomic mass is 32.2. The second-order valence-corrected chi connectivity index (χ2v) is 9.43. The molecule has 2 heterocycles. The Balaban J connectivity index is 2.02. The third-order valence-electron chi connectivity index (χ3n) is 4.93. The Morgan fingerprint density at radius 1 is 1.32 bits per heavy atom. The third-order valence-corrected chi connectivity index (χ3v) is 7.05. The minimum absolute atomic E-state index is 0.142. The quantitative estimate of drug-likeness (QED) is 0.441. The second-order valence-electron chi connectivity index (χ2n) is 6.85. The van der Waals surface area contributed by atoms with Gasteiger partial charge in [0.15, 0.2) is 5.84 Å². The molecule has 31 heavy (non-hydrogen) atoms. The Hall–Kier alpha value is -2.75. The van der Waals surface area contributed by atoms with Gasteiger partial charge in [0.1, 0.15) is 4.90 Å². The van der Waals surface area contributed by atoms with Crippen molar-refractivity contribution >= 4 is 33.2 Å². The van der Waals surface area contributed by atoms with Crippen LogP contribution in [0.5, 0.6) is 0 Å². The highest BCUT2D eigenvalue weighted by Crippen LogP contribution is 2.44. The van der Waals surface area contributed by atoms with Crippen molar-refractivity contribution in [1.29, 1.82) is 0 Å². The number of rotatable bonds is 4. The average Bonchev–Trinajstić information content (AvgIpc) is 3.34. The zero-order valence-electron chi connectivity index (χ0n) is 15.4. The number of primary sulfonamides is 1. The first-order valence-corrected chi connectivity index (χ1v) is 11.2. The van der Waals surface area contributed by atoms with E-state index in [-0.39, 0.29) is 22.0 Å². The van der Waals surface area contributed by atoms with E-state index in [1.807, 2.05) is 0 Å². The van der Waals surface area contributed by atoms with Crippen molar-refractivity contribution in [2.75, 3.05) is 0 Å². The second kappa shape index (κ2) is 7.44. The maximum absolute atomic E-state index is 13.7. The molecular formula is C16H15F3N6O4S2. The molecule has 15 heteroatoms. The van der Waals surface area contributed by atoms with Gasteiger partial charge in [-0.05, 0) is 30.9 Å². The number of fused-ring (bicyclic) bond motifs is 1. The number of hydrazone groups is 1. The standard InChI is InChI=1S/C16H15F3N6O4S2/c17-16(18,19)8-5-4-6(10(12(8)31(20,28)29)13-22-24-25-23-13)7-2-1-3-9-11(7)21-14(30-9)15(26)27/h4-5,7,24-25H,1-3H2,(H,22,23)(H,26,27)(H2,20,28,29). The van der Waals surface area contributed by atoms with Crippen molar-refractivity contribution in [3.05, 3.63) is 44.4 Å². The van der Waals surface area contributed by atoms with E-state index < -0.39 is 38.5 Å². The number of hydrazine groups is 2. The molecule has 1 atom stereocenters. The first kappa shape index (κ1) is 21.5. The van der Waals surface area contributed by atoms with Crippen molar-refractivity contribution < 1.29 is 31.5 Å². The van der Waals surface area contributed by atoms with E-state index in [1.165, 1.54) is 0 Å². The van der Waals surface area contributed by atoms with Gasteiger partial charge in [0.25, 0.3) is 0 Å². The number of hydrogen-bond acceptors (Lipinski definition) is 9. The maximum atomic E-state index is 13.7. The number of nitrogens with two attached hydrogens (primary N) is 1.